The van der Waals surface area contributed by atoms with Gasteiger partial charge in [0.1, 0.15) is 0 Å². The smallest absolute Gasteiger partial charge is 0.0697 e. The van der Waals surface area contributed by atoms with E-state index in [2.05, 4.69) is 19.2 Å². The largest absolute Gasteiger partial charge is 0.396 e. The standard InChI is InChI=1S/C15H29NO2/c1-14(2,9-10-17)16-13-6-11-18-15(12-13)7-4-3-5-8-15/h13,16-17H,3-12H2,1-2H3. The van der Waals surface area contributed by atoms with Crippen molar-refractivity contribution in [1.82, 2.24) is 5.32 Å². The lowest BCUT2D eigenvalue weighted by Crippen LogP contribution is -2.53. The van der Waals surface area contributed by atoms with Crippen molar-refractivity contribution in [2.24, 2.45) is 0 Å². The number of rotatable bonds is 4. The maximum Gasteiger partial charge on any atom is 0.0697 e. The molecule has 0 radical (unpaired) electrons. The third kappa shape index (κ3) is 3.69. The van der Waals surface area contributed by atoms with Crippen molar-refractivity contribution in [3.8, 4) is 0 Å². The molecule has 0 aromatic rings. The van der Waals surface area contributed by atoms with Crippen molar-refractivity contribution >= 4 is 0 Å². The summed E-state index contributed by atoms with van der Waals surface area (Å²) in [5, 5.41) is 12.8. The van der Waals surface area contributed by atoms with E-state index in [1.807, 2.05) is 0 Å². The monoisotopic (exact) mass is 255 g/mol. The number of ether oxygens (including phenoxy) is 1. The highest BCUT2D eigenvalue weighted by molar-refractivity contribution is 4.94. The quantitative estimate of drug-likeness (QED) is 0.811. The van der Waals surface area contributed by atoms with Crippen LogP contribution in [0.5, 0.6) is 0 Å². The molecule has 2 N–H and O–H groups in total. The van der Waals surface area contributed by atoms with Crippen molar-refractivity contribution < 1.29 is 9.84 Å². The van der Waals surface area contributed by atoms with Gasteiger partial charge in [0.2, 0.25) is 0 Å². The Morgan fingerprint density at radius 3 is 2.67 bits per heavy atom. The van der Waals surface area contributed by atoms with Gasteiger partial charge in [-0.2, -0.15) is 0 Å². The van der Waals surface area contributed by atoms with E-state index in [1.54, 1.807) is 0 Å². The number of hydrogen-bond acceptors (Lipinski definition) is 3. The molecule has 2 rings (SSSR count). The minimum Gasteiger partial charge on any atom is -0.396 e. The minimum atomic E-state index is 0.0343. The first-order valence-electron chi connectivity index (χ1n) is 7.58. The van der Waals surface area contributed by atoms with Crippen molar-refractivity contribution in [2.45, 2.75) is 82.4 Å². The average Bonchev–Trinajstić information content (AvgIpc) is 2.29. The molecule has 1 unspecified atom stereocenters. The van der Waals surface area contributed by atoms with Crippen LogP contribution in [0.15, 0.2) is 0 Å². The van der Waals surface area contributed by atoms with Gasteiger partial charge in [-0.15, -0.1) is 0 Å². The van der Waals surface area contributed by atoms with Crippen molar-refractivity contribution in [3.05, 3.63) is 0 Å². The summed E-state index contributed by atoms with van der Waals surface area (Å²) < 4.78 is 6.12. The van der Waals surface area contributed by atoms with Crippen LogP contribution in [-0.4, -0.2) is 35.5 Å². The lowest BCUT2D eigenvalue weighted by molar-refractivity contribution is -0.111. The summed E-state index contributed by atoms with van der Waals surface area (Å²) in [7, 11) is 0. The average molecular weight is 255 g/mol. The first kappa shape index (κ1) is 14.3. The van der Waals surface area contributed by atoms with Crippen LogP contribution in [0.1, 0.15) is 65.2 Å². The normalized spacial score (nSPS) is 28.5. The molecule has 0 amide bonds. The molecular formula is C15H29NO2. The molecule has 1 atom stereocenters. The van der Waals surface area contributed by atoms with E-state index in [-0.39, 0.29) is 17.7 Å². The van der Waals surface area contributed by atoms with Gasteiger partial charge in [-0.05, 0) is 46.0 Å². The van der Waals surface area contributed by atoms with Crippen LogP contribution in [0.4, 0.5) is 0 Å². The van der Waals surface area contributed by atoms with Crippen LogP contribution in [0, 0.1) is 0 Å². The zero-order valence-electron chi connectivity index (χ0n) is 12.0. The van der Waals surface area contributed by atoms with Gasteiger partial charge in [-0.25, -0.2) is 0 Å². The van der Waals surface area contributed by atoms with Gasteiger partial charge in [0.05, 0.1) is 5.60 Å². The summed E-state index contributed by atoms with van der Waals surface area (Å²) in [4.78, 5) is 0. The zero-order valence-corrected chi connectivity index (χ0v) is 12.0. The van der Waals surface area contributed by atoms with Crippen LogP contribution < -0.4 is 5.32 Å². The SMILES string of the molecule is CC(C)(CCO)NC1CCOC2(CCCCC2)C1. The number of nitrogens with one attached hydrogen (secondary N) is 1. The van der Waals surface area contributed by atoms with E-state index in [1.165, 1.54) is 32.1 Å². The van der Waals surface area contributed by atoms with E-state index < -0.39 is 0 Å². The number of aliphatic hydroxyl groups excluding tert-OH is 1. The van der Waals surface area contributed by atoms with Gasteiger partial charge in [-0.3, -0.25) is 0 Å². The fraction of sp³-hybridized carbons (Fsp3) is 1.00. The first-order chi connectivity index (χ1) is 8.55. The lowest BCUT2D eigenvalue weighted by atomic mass is 9.78. The molecule has 1 aliphatic carbocycles. The van der Waals surface area contributed by atoms with Crippen LogP contribution in [0.2, 0.25) is 0 Å². The molecule has 106 valence electrons. The highest BCUT2D eigenvalue weighted by Gasteiger charge is 2.39. The second kappa shape index (κ2) is 5.89. The molecule has 0 bridgehead atoms. The zero-order chi connectivity index (χ0) is 13.1. The van der Waals surface area contributed by atoms with Crippen LogP contribution in [-0.2, 0) is 4.74 Å². The maximum atomic E-state index is 9.11. The Kier molecular flexibility index (Phi) is 4.68. The van der Waals surface area contributed by atoms with Crippen LogP contribution in [0.3, 0.4) is 0 Å². The van der Waals surface area contributed by atoms with Crippen LogP contribution in [0.25, 0.3) is 0 Å². The fourth-order valence-corrected chi connectivity index (χ4v) is 3.60. The summed E-state index contributed by atoms with van der Waals surface area (Å²) in [6.45, 7) is 5.53. The van der Waals surface area contributed by atoms with E-state index in [0.29, 0.717) is 6.04 Å². The molecule has 1 spiro atoms. The summed E-state index contributed by atoms with van der Waals surface area (Å²) in [6.07, 6.45) is 9.59. The van der Waals surface area contributed by atoms with E-state index >= 15 is 0 Å². The highest BCUT2D eigenvalue weighted by Crippen LogP contribution is 2.38. The van der Waals surface area contributed by atoms with Gasteiger partial charge < -0.3 is 15.2 Å². The summed E-state index contributed by atoms with van der Waals surface area (Å²) in [6, 6.07) is 0.554. The Morgan fingerprint density at radius 1 is 1.28 bits per heavy atom. The van der Waals surface area contributed by atoms with E-state index in [9.17, 15) is 0 Å². The molecule has 1 heterocycles. The summed E-state index contributed by atoms with van der Waals surface area (Å²) >= 11 is 0. The second-order valence-corrected chi connectivity index (χ2v) is 6.78. The lowest BCUT2D eigenvalue weighted by Gasteiger charge is -2.45. The Morgan fingerprint density at radius 2 is 2.00 bits per heavy atom. The molecule has 3 nitrogen and oxygen atoms in total. The maximum absolute atomic E-state index is 9.11. The third-order valence-corrected chi connectivity index (χ3v) is 4.59. The van der Waals surface area contributed by atoms with Gasteiger partial charge in [0.25, 0.3) is 0 Å². The molecule has 0 aromatic carbocycles. The molecule has 1 aliphatic heterocycles. The van der Waals surface area contributed by atoms with E-state index in [4.69, 9.17) is 9.84 Å². The second-order valence-electron chi connectivity index (χ2n) is 6.78. The molecule has 2 aliphatic rings. The van der Waals surface area contributed by atoms with E-state index in [0.717, 1.165) is 25.9 Å². The predicted octanol–water partition coefficient (Wildman–Crippen LogP) is 2.62. The number of hydrogen-bond donors (Lipinski definition) is 2. The third-order valence-electron chi connectivity index (χ3n) is 4.59. The number of aliphatic hydroxyl groups is 1. The molecule has 2 fully saturated rings. The molecule has 0 aromatic heterocycles. The molecular weight excluding hydrogens is 226 g/mol. The Hall–Kier alpha value is -0.120. The predicted molar refractivity (Wildman–Crippen MR) is 73.7 cm³/mol. The Balaban J connectivity index is 1.90. The van der Waals surface area contributed by atoms with Gasteiger partial charge in [0.15, 0.2) is 0 Å². The Bertz CT molecular complexity index is 254. The Labute approximate surface area is 111 Å². The molecule has 3 heteroatoms. The van der Waals surface area contributed by atoms with Crippen molar-refractivity contribution in [1.29, 1.82) is 0 Å². The summed E-state index contributed by atoms with van der Waals surface area (Å²) in [5.74, 6) is 0. The molecule has 1 saturated carbocycles. The first-order valence-corrected chi connectivity index (χ1v) is 7.58. The van der Waals surface area contributed by atoms with Gasteiger partial charge in [0, 0.05) is 24.8 Å². The van der Waals surface area contributed by atoms with Crippen molar-refractivity contribution in [2.75, 3.05) is 13.2 Å². The fourth-order valence-electron chi connectivity index (χ4n) is 3.60. The van der Waals surface area contributed by atoms with Crippen LogP contribution >= 0.6 is 0 Å². The highest BCUT2D eigenvalue weighted by atomic mass is 16.5. The summed E-state index contributed by atoms with van der Waals surface area (Å²) in [5.41, 5.74) is 0.204. The minimum absolute atomic E-state index is 0.0343. The van der Waals surface area contributed by atoms with Crippen molar-refractivity contribution in [3.63, 3.8) is 0 Å². The van der Waals surface area contributed by atoms with Gasteiger partial charge >= 0.3 is 0 Å². The topological polar surface area (TPSA) is 41.5 Å². The molecule has 18 heavy (non-hydrogen) atoms. The van der Waals surface area contributed by atoms with Gasteiger partial charge in [-0.1, -0.05) is 19.3 Å². The molecule has 1 saturated heterocycles.